The van der Waals surface area contributed by atoms with E-state index in [0.717, 1.165) is 22.7 Å². The van der Waals surface area contributed by atoms with Gasteiger partial charge in [-0.2, -0.15) is 9.78 Å². The number of amides is 1. The molecule has 4 rings (SSSR count). The largest absolute Gasteiger partial charge is 0.346 e. The van der Waals surface area contributed by atoms with Crippen molar-refractivity contribution in [1.29, 1.82) is 0 Å². The number of carbonyl (C=O) groups is 1. The molecule has 0 spiro atoms. The molecule has 0 saturated carbocycles. The van der Waals surface area contributed by atoms with E-state index in [9.17, 15) is 17.6 Å². The minimum absolute atomic E-state index is 0.319. The highest BCUT2D eigenvalue weighted by Gasteiger charge is 2.25. The lowest BCUT2D eigenvalue weighted by molar-refractivity contribution is 0.250. The summed E-state index contributed by atoms with van der Waals surface area (Å²) in [6.07, 6.45) is 6.38. The zero-order valence-corrected chi connectivity index (χ0v) is 15.4. The Kier molecular flexibility index (Phi) is 4.44. The number of nitrogens with two attached hydrogens (primary N) is 1. The number of hydrogen-bond donors (Lipinski definition) is 2. The minimum atomic E-state index is -4.02. The van der Waals surface area contributed by atoms with E-state index < -0.39 is 21.1 Å². The second kappa shape index (κ2) is 6.80. The van der Waals surface area contributed by atoms with Gasteiger partial charge in [0.15, 0.2) is 5.03 Å². The molecule has 2 heterocycles. The number of nitrogens with one attached hydrogen (secondary N) is 1. The van der Waals surface area contributed by atoms with Crippen LogP contribution in [0.3, 0.4) is 0 Å². The summed E-state index contributed by atoms with van der Waals surface area (Å²) in [6, 6.07) is 5.33. The summed E-state index contributed by atoms with van der Waals surface area (Å²) in [7, 11) is -4.02. The van der Waals surface area contributed by atoms with Crippen LogP contribution in [0.25, 0.3) is 11.1 Å². The van der Waals surface area contributed by atoms with E-state index >= 15 is 0 Å². The van der Waals surface area contributed by atoms with E-state index in [1.54, 1.807) is 24.5 Å². The van der Waals surface area contributed by atoms with Crippen LogP contribution in [0, 0.1) is 5.82 Å². The highest BCUT2D eigenvalue weighted by molar-refractivity contribution is 7.89. The average Bonchev–Trinajstić information content (AvgIpc) is 3.34. The Labute approximate surface area is 160 Å². The summed E-state index contributed by atoms with van der Waals surface area (Å²) in [6.45, 7) is 0. The monoisotopic (exact) mass is 401 g/mol. The van der Waals surface area contributed by atoms with Crippen LogP contribution in [0.15, 0.2) is 47.9 Å². The number of primary sulfonamides is 1. The molecule has 1 aliphatic carbocycles. The van der Waals surface area contributed by atoms with Gasteiger partial charge in [0.05, 0.1) is 5.69 Å². The molecular weight excluding hydrogens is 385 g/mol. The first-order chi connectivity index (χ1) is 13.3. The Balaban J connectivity index is 1.78. The van der Waals surface area contributed by atoms with Crippen molar-refractivity contribution in [2.24, 2.45) is 5.14 Å². The molecule has 144 valence electrons. The number of hydrogen-bond acceptors (Lipinski definition) is 5. The van der Waals surface area contributed by atoms with Crippen molar-refractivity contribution in [3.8, 4) is 11.1 Å². The quantitative estimate of drug-likeness (QED) is 0.698. The Bertz CT molecular complexity index is 1180. The van der Waals surface area contributed by atoms with Crippen molar-refractivity contribution < 1.29 is 17.6 Å². The van der Waals surface area contributed by atoms with Crippen molar-refractivity contribution in [3.63, 3.8) is 0 Å². The molecule has 8 nitrogen and oxygen atoms in total. The first-order valence-corrected chi connectivity index (χ1v) is 10.0. The van der Waals surface area contributed by atoms with Gasteiger partial charge in [-0.3, -0.25) is 4.98 Å². The first-order valence-electron chi connectivity index (χ1n) is 8.49. The molecule has 0 atom stereocenters. The van der Waals surface area contributed by atoms with E-state index in [4.69, 9.17) is 5.14 Å². The van der Waals surface area contributed by atoms with Crippen LogP contribution in [-0.4, -0.2) is 29.2 Å². The second-order valence-electron chi connectivity index (χ2n) is 6.41. The van der Waals surface area contributed by atoms with Gasteiger partial charge in [-0.1, -0.05) is 6.07 Å². The Morgan fingerprint density at radius 1 is 1.25 bits per heavy atom. The molecule has 2 aromatic heterocycles. The number of benzene rings is 1. The number of pyridine rings is 1. The summed E-state index contributed by atoms with van der Waals surface area (Å²) < 4.78 is 38.2. The van der Waals surface area contributed by atoms with Crippen LogP contribution < -0.4 is 10.5 Å². The lowest BCUT2D eigenvalue weighted by atomic mass is 9.97. The molecule has 3 aromatic rings. The highest BCUT2D eigenvalue weighted by atomic mass is 32.2. The molecule has 1 aliphatic rings. The van der Waals surface area contributed by atoms with Crippen molar-refractivity contribution >= 4 is 21.7 Å². The van der Waals surface area contributed by atoms with Crippen LogP contribution in [0.1, 0.15) is 17.5 Å². The molecule has 0 bridgehead atoms. The number of nitrogens with zero attached hydrogens (tertiary/aromatic N) is 3. The third-order valence-corrected chi connectivity index (χ3v) is 5.42. The maximum atomic E-state index is 14.6. The van der Waals surface area contributed by atoms with Crippen molar-refractivity contribution in [1.82, 2.24) is 14.8 Å². The lowest BCUT2D eigenvalue weighted by Crippen LogP contribution is -2.22. The number of halogens is 1. The Hall–Kier alpha value is -3.11. The van der Waals surface area contributed by atoms with Crippen molar-refractivity contribution in [3.05, 3.63) is 59.8 Å². The summed E-state index contributed by atoms with van der Waals surface area (Å²) >= 11 is 0. The maximum Gasteiger partial charge on any atom is 0.346 e. The molecular formula is C18H16FN5O3S. The molecule has 0 saturated heterocycles. The average molecular weight is 401 g/mol. The molecule has 1 amide bonds. The van der Waals surface area contributed by atoms with Gasteiger partial charge in [0.25, 0.3) is 10.0 Å². The summed E-state index contributed by atoms with van der Waals surface area (Å²) in [5.41, 5.74) is 2.93. The van der Waals surface area contributed by atoms with Crippen LogP contribution in [0.2, 0.25) is 0 Å². The molecule has 0 radical (unpaired) electrons. The molecule has 3 N–H and O–H groups in total. The van der Waals surface area contributed by atoms with E-state index in [2.05, 4.69) is 15.4 Å². The van der Waals surface area contributed by atoms with Gasteiger partial charge in [0.2, 0.25) is 0 Å². The fraction of sp³-hybridized carbons (Fsp3) is 0.167. The van der Waals surface area contributed by atoms with E-state index in [-0.39, 0.29) is 5.82 Å². The van der Waals surface area contributed by atoms with E-state index in [1.807, 2.05) is 0 Å². The molecule has 0 aliphatic heterocycles. The standard InChI is InChI=1S/C18H16FN5O3S/c19-15-9-14(11-3-2-7-21-10-11)17(13-5-1-4-12(13)15)22-18(25)24-8-6-16(23-24)28(20,26)27/h2-3,6-10H,1,4-5H2,(H,22,25)(H2,20,26,27). The van der Waals surface area contributed by atoms with Crippen molar-refractivity contribution in [2.75, 3.05) is 5.32 Å². The SMILES string of the molecule is NS(=O)(=O)c1ccn(C(=O)Nc2c(-c3cccnc3)cc(F)c3c2CCC3)n1. The third kappa shape index (κ3) is 3.27. The third-order valence-electron chi connectivity index (χ3n) is 4.62. The Morgan fingerprint density at radius 3 is 2.71 bits per heavy atom. The fourth-order valence-corrected chi connectivity index (χ4v) is 3.81. The fourth-order valence-electron chi connectivity index (χ4n) is 3.36. The van der Waals surface area contributed by atoms with Crippen molar-refractivity contribution in [2.45, 2.75) is 24.3 Å². The van der Waals surface area contributed by atoms with Crippen LogP contribution in [0.4, 0.5) is 14.9 Å². The number of anilines is 1. The maximum absolute atomic E-state index is 14.6. The number of carbonyl (C=O) groups excluding carboxylic acids is 1. The summed E-state index contributed by atoms with van der Waals surface area (Å²) in [5.74, 6) is -0.319. The predicted molar refractivity (Wildman–Crippen MR) is 99.7 cm³/mol. The Morgan fingerprint density at radius 2 is 2.04 bits per heavy atom. The summed E-state index contributed by atoms with van der Waals surface area (Å²) in [5, 5.41) is 11.1. The van der Waals surface area contributed by atoms with Gasteiger partial charge in [0.1, 0.15) is 5.82 Å². The number of aromatic nitrogens is 3. The van der Waals surface area contributed by atoms with Gasteiger partial charge in [-0.15, -0.1) is 0 Å². The summed E-state index contributed by atoms with van der Waals surface area (Å²) in [4.78, 5) is 16.7. The molecule has 28 heavy (non-hydrogen) atoms. The van der Waals surface area contributed by atoms with Gasteiger partial charge < -0.3 is 5.32 Å². The zero-order chi connectivity index (χ0) is 19.9. The van der Waals surface area contributed by atoms with Gasteiger partial charge in [-0.25, -0.2) is 22.7 Å². The second-order valence-corrected chi connectivity index (χ2v) is 7.92. The van der Waals surface area contributed by atoms with Crippen LogP contribution in [0.5, 0.6) is 0 Å². The first kappa shape index (κ1) is 18.3. The van der Waals surface area contributed by atoms with Crippen LogP contribution >= 0.6 is 0 Å². The number of fused-ring (bicyclic) bond motifs is 1. The normalized spacial score (nSPS) is 13.4. The molecule has 0 unspecified atom stereocenters. The van der Waals surface area contributed by atoms with Gasteiger partial charge >= 0.3 is 6.03 Å². The van der Waals surface area contributed by atoms with Gasteiger partial charge in [-0.05, 0) is 48.6 Å². The van der Waals surface area contributed by atoms with E-state index in [1.165, 1.54) is 12.3 Å². The van der Waals surface area contributed by atoms with Gasteiger partial charge in [0, 0.05) is 29.7 Å². The molecule has 0 fully saturated rings. The minimum Gasteiger partial charge on any atom is -0.305 e. The zero-order valence-electron chi connectivity index (χ0n) is 14.6. The topological polar surface area (TPSA) is 120 Å². The molecule has 1 aromatic carbocycles. The lowest BCUT2D eigenvalue weighted by Gasteiger charge is -2.16. The van der Waals surface area contributed by atoms with Crippen LogP contribution in [-0.2, 0) is 22.9 Å². The van der Waals surface area contributed by atoms with E-state index in [0.29, 0.717) is 35.2 Å². The highest BCUT2D eigenvalue weighted by Crippen LogP contribution is 2.39. The smallest absolute Gasteiger partial charge is 0.305 e. The predicted octanol–water partition coefficient (Wildman–Crippen LogP) is 2.30. The molecule has 10 heteroatoms. The number of sulfonamides is 1. The number of rotatable bonds is 3.